The molecule has 7 heteroatoms. The number of nitrogens with zero attached hydrogens (tertiary/aromatic N) is 1. The maximum Gasteiger partial charge on any atom is 0.243 e. The van der Waals surface area contributed by atoms with Crippen LogP contribution in [0.4, 0.5) is 4.39 Å². The van der Waals surface area contributed by atoms with Crippen LogP contribution in [0.25, 0.3) is 0 Å². The SMILES string of the molecule is CC(NC(=O)C1CCCCN1S(=O)(=O)c1ccccc1)c1ccc(F)cc1. The first-order valence-electron chi connectivity index (χ1n) is 9.02. The average Bonchev–Trinajstić information content (AvgIpc) is 2.69. The Morgan fingerprint density at radius 2 is 1.78 bits per heavy atom. The minimum Gasteiger partial charge on any atom is -0.348 e. The highest BCUT2D eigenvalue weighted by Gasteiger charge is 2.37. The maximum atomic E-state index is 13.1. The summed E-state index contributed by atoms with van der Waals surface area (Å²) in [6.45, 7) is 2.12. The fourth-order valence-electron chi connectivity index (χ4n) is 3.33. The largest absolute Gasteiger partial charge is 0.348 e. The molecule has 5 nitrogen and oxygen atoms in total. The highest BCUT2D eigenvalue weighted by Crippen LogP contribution is 2.26. The summed E-state index contributed by atoms with van der Waals surface area (Å²) in [6.07, 6.45) is 2.00. The molecule has 0 aromatic heterocycles. The first-order chi connectivity index (χ1) is 12.9. The van der Waals surface area contributed by atoms with Gasteiger partial charge in [0.05, 0.1) is 10.9 Å². The van der Waals surface area contributed by atoms with E-state index < -0.39 is 16.1 Å². The number of carbonyl (C=O) groups excluding carboxylic acids is 1. The number of amides is 1. The molecule has 2 aromatic carbocycles. The van der Waals surface area contributed by atoms with Crippen LogP contribution in [-0.2, 0) is 14.8 Å². The first kappa shape index (κ1) is 19.5. The van der Waals surface area contributed by atoms with Gasteiger partial charge in [-0.2, -0.15) is 4.31 Å². The lowest BCUT2D eigenvalue weighted by Crippen LogP contribution is -2.52. The van der Waals surface area contributed by atoms with Gasteiger partial charge in [-0.25, -0.2) is 12.8 Å². The number of nitrogens with one attached hydrogen (secondary N) is 1. The molecule has 144 valence electrons. The number of halogens is 1. The molecule has 0 bridgehead atoms. The predicted octanol–water partition coefficient (Wildman–Crippen LogP) is 3.25. The van der Waals surface area contributed by atoms with E-state index >= 15 is 0 Å². The molecular weight excluding hydrogens is 367 g/mol. The van der Waals surface area contributed by atoms with E-state index in [2.05, 4.69) is 5.32 Å². The molecular formula is C20H23FN2O3S. The van der Waals surface area contributed by atoms with Gasteiger partial charge in [0.2, 0.25) is 15.9 Å². The second-order valence-electron chi connectivity index (χ2n) is 6.72. The molecule has 2 atom stereocenters. The van der Waals surface area contributed by atoms with Crippen molar-refractivity contribution in [1.82, 2.24) is 9.62 Å². The Labute approximate surface area is 159 Å². The van der Waals surface area contributed by atoms with Crippen LogP contribution >= 0.6 is 0 Å². The first-order valence-corrected chi connectivity index (χ1v) is 10.5. The van der Waals surface area contributed by atoms with Crippen LogP contribution in [0.15, 0.2) is 59.5 Å². The van der Waals surface area contributed by atoms with E-state index in [0.717, 1.165) is 18.4 Å². The predicted molar refractivity (Wildman–Crippen MR) is 101 cm³/mol. The van der Waals surface area contributed by atoms with Gasteiger partial charge in [-0.3, -0.25) is 4.79 Å². The van der Waals surface area contributed by atoms with Gasteiger partial charge in [0.1, 0.15) is 11.9 Å². The van der Waals surface area contributed by atoms with Crippen molar-refractivity contribution < 1.29 is 17.6 Å². The van der Waals surface area contributed by atoms with Gasteiger partial charge in [-0.1, -0.05) is 36.8 Å². The minimum absolute atomic E-state index is 0.191. The third-order valence-corrected chi connectivity index (χ3v) is 6.76. The normalized spacial score (nSPS) is 19.4. The Bertz CT molecular complexity index is 885. The van der Waals surface area contributed by atoms with Gasteiger partial charge in [0.15, 0.2) is 0 Å². The van der Waals surface area contributed by atoms with Gasteiger partial charge in [0, 0.05) is 6.54 Å². The van der Waals surface area contributed by atoms with Crippen molar-refractivity contribution in [3.63, 3.8) is 0 Å². The van der Waals surface area contributed by atoms with Crippen molar-refractivity contribution in [2.45, 2.75) is 43.2 Å². The zero-order valence-corrected chi connectivity index (χ0v) is 16.0. The Kier molecular flexibility index (Phi) is 5.92. The maximum absolute atomic E-state index is 13.1. The summed E-state index contributed by atoms with van der Waals surface area (Å²) < 4.78 is 40.4. The lowest BCUT2D eigenvalue weighted by molar-refractivity contribution is -0.126. The van der Waals surface area contributed by atoms with E-state index in [0.29, 0.717) is 13.0 Å². The summed E-state index contributed by atoms with van der Waals surface area (Å²) in [5.41, 5.74) is 0.762. The van der Waals surface area contributed by atoms with Gasteiger partial charge < -0.3 is 5.32 Å². The Morgan fingerprint density at radius 1 is 1.11 bits per heavy atom. The third kappa shape index (κ3) is 4.36. The zero-order chi connectivity index (χ0) is 19.4. The molecule has 0 radical (unpaired) electrons. The van der Waals surface area contributed by atoms with Crippen molar-refractivity contribution in [3.8, 4) is 0 Å². The molecule has 2 unspecified atom stereocenters. The van der Waals surface area contributed by atoms with E-state index in [4.69, 9.17) is 0 Å². The number of sulfonamides is 1. The molecule has 2 aromatic rings. The lowest BCUT2D eigenvalue weighted by Gasteiger charge is -2.34. The molecule has 27 heavy (non-hydrogen) atoms. The van der Waals surface area contributed by atoms with Crippen molar-refractivity contribution in [2.24, 2.45) is 0 Å². The lowest BCUT2D eigenvalue weighted by atomic mass is 10.0. The van der Waals surface area contributed by atoms with E-state index in [1.807, 2.05) is 0 Å². The molecule has 3 rings (SSSR count). The zero-order valence-electron chi connectivity index (χ0n) is 15.1. The fourth-order valence-corrected chi connectivity index (χ4v) is 5.00. The van der Waals surface area contributed by atoms with E-state index in [9.17, 15) is 17.6 Å². The van der Waals surface area contributed by atoms with Crippen LogP contribution in [0.1, 0.15) is 37.8 Å². The van der Waals surface area contributed by atoms with E-state index in [1.165, 1.54) is 16.4 Å². The van der Waals surface area contributed by atoms with Crippen molar-refractivity contribution in [2.75, 3.05) is 6.54 Å². The molecule has 0 saturated carbocycles. The monoisotopic (exact) mass is 390 g/mol. The van der Waals surface area contributed by atoms with Crippen LogP contribution in [0.2, 0.25) is 0 Å². The van der Waals surface area contributed by atoms with Crippen molar-refractivity contribution >= 4 is 15.9 Å². The van der Waals surface area contributed by atoms with Crippen molar-refractivity contribution in [3.05, 3.63) is 66.0 Å². The second kappa shape index (κ2) is 8.19. The Morgan fingerprint density at radius 3 is 2.44 bits per heavy atom. The highest BCUT2D eigenvalue weighted by molar-refractivity contribution is 7.89. The summed E-state index contributed by atoms with van der Waals surface area (Å²) in [6, 6.07) is 13.0. The third-order valence-electron chi connectivity index (χ3n) is 4.83. The number of rotatable bonds is 5. The number of benzene rings is 2. The van der Waals surface area contributed by atoms with E-state index in [1.54, 1.807) is 49.4 Å². The quantitative estimate of drug-likeness (QED) is 0.852. The standard InChI is InChI=1S/C20H23FN2O3S/c1-15(16-10-12-17(21)13-11-16)22-20(24)19-9-5-6-14-23(19)27(25,26)18-7-3-2-4-8-18/h2-4,7-8,10-13,15,19H,5-6,9,14H2,1H3,(H,22,24). The van der Waals surface area contributed by atoms with Crippen LogP contribution < -0.4 is 5.32 Å². The molecule has 0 aliphatic carbocycles. The molecule has 1 heterocycles. The van der Waals surface area contributed by atoms with Gasteiger partial charge in [-0.05, 0) is 49.6 Å². The van der Waals surface area contributed by atoms with Gasteiger partial charge in [-0.15, -0.1) is 0 Å². The Balaban J connectivity index is 1.78. The summed E-state index contributed by atoms with van der Waals surface area (Å²) in [5, 5.41) is 2.87. The molecule has 1 N–H and O–H groups in total. The summed E-state index contributed by atoms with van der Waals surface area (Å²) in [7, 11) is -3.74. The number of hydrogen-bond donors (Lipinski definition) is 1. The molecule has 1 fully saturated rings. The molecule has 0 spiro atoms. The van der Waals surface area contributed by atoms with Crippen LogP contribution in [0.5, 0.6) is 0 Å². The second-order valence-corrected chi connectivity index (χ2v) is 8.61. The van der Waals surface area contributed by atoms with Gasteiger partial charge in [0.25, 0.3) is 0 Å². The van der Waals surface area contributed by atoms with E-state index in [-0.39, 0.29) is 22.7 Å². The van der Waals surface area contributed by atoms with Crippen LogP contribution in [0.3, 0.4) is 0 Å². The summed E-state index contributed by atoms with van der Waals surface area (Å²) in [4.78, 5) is 13.0. The summed E-state index contributed by atoms with van der Waals surface area (Å²) in [5.74, 6) is -0.671. The fraction of sp³-hybridized carbons (Fsp3) is 0.350. The smallest absolute Gasteiger partial charge is 0.243 e. The number of piperidine rings is 1. The van der Waals surface area contributed by atoms with Gasteiger partial charge >= 0.3 is 0 Å². The number of carbonyl (C=O) groups is 1. The molecule has 1 amide bonds. The summed E-state index contributed by atoms with van der Waals surface area (Å²) >= 11 is 0. The topological polar surface area (TPSA) is 66.5 Å². The van der Waals surface area contributed by atoms with Crippen LogP contribution in [-0.4, -0.2) is 31.2 Å². The number of hydrogen-bond acceptors (Lipinski definition) is 3. The molecule has 1 aliphatic heterocycles. The van der Waals surface area contributed by atoms with Crippen LogP contribution in [0, 0.1) is 5.82 Å². The molecule has 1 saturated heterocycles. The van der Waals surface area contributed by atoms with Crippen molar-refractivity contribution in [1.29, 1.82) is 0 Å². The molecule has 1 aliphatic rings. The Hall–Kier alpha value is -2.25. The minimum atomic E-state index is -3.74. The highest BCUT2D eigenvalue weighted by atomic mass is 32.2. The average molecular weight is 390 g/mol.